The number of halogens is 1. The van der Waals surface area contributed by atoms with Gasteiger partial charge in [-0.15, -0.1) is 22.7 Å². The minimum Gasteiger partial charge on any atom is -0.309 e. The zero-order valence-corrected chi connectivity index (χ0v) is 14.3. The minimum absolute atomic E-state index is 0.301. The lowest BCUT2D eigenvalue weighted by atomic mass is 10.0. The lowest BCUT2D eigenvalue weighted by molar-refractivity contribution is 0.538. The summed E-state index contributed by atoms with van der Waals surface area (Å²) >= 11 is 9.91. The Kier molecular flexibility index (Phi) is 4.96. The molecule has 0 radical (unpaired) electrons. The Morgan fingerprint density at radius 2 is 2.05 bits per heavy atom. The Morgan fingerprint density at radius 1 is 1.19 bits per heavy atom. The van der Waals surface area contributed by atoms with Gasteiger partial charge in [-0.1, -0.05) is 36.7 Å². The molecule has 3 aromatic rings. The fraction of sp³-hybridized carbons (Fsp3) is 0.294. The lowest BCUT2D eigenvalue weighted by Gasteiger charge is -2.17. The molecule has 110 valence electrons. The molecule has 0 aliphatic rings. The Labute approximate surface area is 138 Å². The summed E-state index contributed by atoms with van der Waals surface area (Å²) in [5, 5.41) is 10.3. The van der Waals surface area contributed by atoms with Gasteiger partial charge in [-0.25, -0.2) is 0 Å². The highest BCUT2D eigenvalue weighted by Gasteiger charge is 2.17. The molecule has 1 atom stereocenters. The van der Waals surface area contributed by atoms with Gasteiger partial charge in [0.2, 0.25) is 0 Å². The van der Waals surface area contributed by atoms with Crippen LogP contribution >= 0.6 is 34.3 Å². The molecule has 4 heteroatoms. The maximum absolute atomic E-state index is 6.34. The van der Waals surface area contributed by atoms with Crippen LogP contribution in [-0.4, -0.2) is 6.54 Å². The van der Waals surface area contributed by atoms with Crippen molar-refractivity contribution in [2.75, 3.05) is 6.54 Å². The molecule has 0 bridgehead atoms. The van der Waals surface area contributed by atoms with E-state index in [0.717, 1.165) is 24.4 Å². The summed E-state index contributed by atoms with van der Waals surface area (Å²) < 4.78 is 1.36. The standard InChI is InChI=1S/C17H18ClNS2/c1-2-8-19-15(17-14(18)7-9-20-17)10-12-11-21-16-6-4-3-5-13(12)16/h3-7,9,11,15,19H,2,8,10H2,1H3. The van der Waals surface area contributed by atoms with Crippen LogP contribution in [0.3, 0.4) is 0 Å². The van der Waals surface area contributed by atoms with Crippen LogP contribution in [0.25, 0.3) is 10.1 Å². The van der Waals surface area contributed by atoms with Crippen LogP contribution in [0.2, 0.25) is 5.02 Å². The van der Waals surface area contributed by atoms with E-state index in [9.17, 15) is 0 Å². The van der Waals surface area contributed by atoms with Crippen LogP contribution < -0.4 is 5.32 Å². The number of hydrogen-bond donors (Lipinski definition) is 1. The molecule has 2 aromatic heterocycles. The van der Waals surface area contributed by atoms with Gasteiger partial charge < -0.3 is 5.32 Å². The molecular formula is C17H18ClNS2. The Balaban J connectivity index is 1.89. The number of thiophene rings is 2. The summed E-state index contributed by atoms with van der Waals surface area (Å²) in [6.07, 6.45) is 2.12. The molecule has 0 fully saturated rings. The van der Waals surface area contributed by atoms with Gasteiger partial charge in [0.25, 0.3) is 0 Å². The second-order valence-corrected chi connectivity index (χ2v) is 7.37. The predicted molar refractivity (Wildman–Crippen MR) is 95.9 cm³/mol. The van der Waals surface area contributed by atoms with Crippen molar-refractivity contribution in [2.24, 2.45) is 0 Å². The highest BCUT2D eigenvalue weighted by Crippen LogP contribution is 2.34. The van der Waals surface area contributed by atoms with E-state index in [-0.39, 0.29) is 0 Å². The molecule has 0 saturated heterocycles. The van der Waals surface area contributed by atoms with Crippen molar-refractivity contribution < 1.29 is 0 Å². The van der Waals surface area contributed by atoms with E-state index in [1.54, 1.807) is 11.3 Å². The molecule has 2 heterocycles. The van der Waals surface area contributed by atoms with Crippen molar-refractivity contribution in [2.45, 2.75) is 25.8 Å². The Hall–Kier alpha value is -0.870. The number of fused-ring (bicyclic) bond motifs is 1. The average molecular weight is 336 g/mol. The highest BCUT2D eigenvalue weighted by molar-refractivity contribution is 7.17. The summed E-state index contributed by atoms with van der Waals surface area (Å²) in [5.41, 5.74) is 1.41. The second-order valence-electron chi connectivity index (χ2n) is 5.10. The monoisotopic (exact) mass is 335 g/mol. The maximum atomic E-state index is 6.34. The van der Waals surface area contributed by atoms with Crippen LogP contribution in [-0.2, 0) is 6.42 Å². The zero-order chi connectivity index (χ0) is 14.7. The lowest BCUT2D eigenvalue weighted by Crippen LogP contribution is -2.23. The fourth-order valence-corrected chi connectivity index (χ4v) is 4.78. The van der Waals surface area contributed by atoms with Crippen LogP contribution in [0.15, 0.2) is 41.1 Å². The molecule has 21 heavy (non-hydrogen) atoms. The molecule has 0 saturated carbocycles. The van der Waals surface area contributed by atoms with Gasteiger partial charge >= 0.3 is 0 Å². The van der Waals surface area contributed by atoms with Gasteiger partial charge in [0.15, 0.2) is 0 Å². The first kappa shape index (κ1) is 15.0. The molecule has 1 N–H and O–H groups in total. The first-order chi connectivity index (χ1) is 10.3. The van der Waals surface area contributed by atoms with Crippen LogP contribution in [0, 0.1) is 0 Å². The smallest absolute Gasteiger partial charge is 0.0561 e. The Bertz CT molecular complexity index is 716. The number of benzene rings is 1. The van der Waals surface area contributed by atoms with E-state index in [0.29, 0.717) is 6.04 Å². The predicted octanol–water partition coefficient (Wildman–Crippen LogP) is 5.90. The normalized spacial score (nSPS) is 12.9. The van der Waals surface area contributed by atoms with E-state index < -0.39 is 0 Å². The van der Waals surface area contributed by atoms with Crippen molar-refractivity contribution in [1.82, 2.24) is 5.32 Å². The second kappa shape index (κ2) is 6.93. The first-order valence-electron chi connectivity index (χ1n) is 7.21. The fourth-order valence-electron chi connectivity index (χ4n) is 2.54. The first-order valence-corrected chi connectivity index (χ1v) is 9.34. The van der Waals surface area contributed by atoms with E-state index in [1.165, 1.54) is 20.5 Å². The van der Waals surface area contributed by atoms with Gasteiger partial charge in [-0.05, 0) is 53.2 Å². The van der Waals surface area contributed by atoms with Crippen molar-refractivity contribution in [3.63, 3.8) is 0 Å². The molecule has 0 spiro atoms. The summed E-state index contributed by atoms with van der Waals surface area (Å²) in [7, 11) is 0. The average Bonchev–Trinajstić information content (AvgIpc) is 3.10. The SMILES string of the molecule is CCCNC(Cc1csc2ccccc12)c1sccc1Cl. The molecule has 1 unspecified atom stereocenters. The maximum Gasteiger partial charge on any atom is 0.0561 e. The molecule has 1 aromatic carbocycles. The van der Waals surface area contributed by atoms with Crippen LogP contribution in [0.1, 0.15) is 29.8 Å². The minimum atomic E-state index is 0.301. The largest absolute Gasteiger partial charge is 0.309 e. The number of nitrogens with one attached hydrogen (secondary N) is 1. The molecule has 0 aliphatic carbocycles. The van der Waals surface area contributed by atoms with E-state index in [4.69, 9.17) is 11.6 Å². The number of hydrogen-bond acceptors (Lipinski definition) is 3. The van der Waals surface area contributed by atoms with Gasteiger partial charge in [0, 0.05) is 15.6 Å². The summed E-state index contributed by atoms with van der Waals surface area (Å²) in [6, 6.07) is 10.9. The summed E-state index contributed by atoms with van der Waals surface area (Å²) in [6.45, 7) is 3.21. The van der Waals surface area contributed by atoms with Gasteiger partial charge in [0.05, 0.1) is 5.02 Å². The van der Waals surface area contributed by atoms with Crippen LogP contribution in [0.5, 0.6) is 0 Å². The van der Waals surface area contributed by atoms with Crippen molar-refractivity contribution in [3.8, 4) is 0 Å². The van der Waals surface area contributed by atoms with E-state index in [1.807, 2.05) is 17.4 Å². The molecular weight excluding hydrogens is 318 g/mol. The molecule has 0 amide bonds. The highest BCUT2D eigenvalue weighted by atomic mass is 35.5. The van der Waals surface area contributed by atoms with Crippen molar-refractivity contribution in [1.29, 1.82) is 0 Å². The third-order valence-electron chi connectivity index (χ3n) is 3.59. The zero-order valence-electron chi connectivity index (χ0n) is 11.9. The third kappa shape index (κ3) is 3.32. The van der Waals surface area contributed by atoms with E-state index >= 15 is 0 Å². The topological polar surface area (TPSA) is 12.0 Å². The third-order valence-corrected chi connectivity index (χ3v) is 6.07. The summed E-state index contributed by atoms with van der Waals surface area (Å²) in [5.74, 6) is 0. The number of rotatable bonds is 6. The van der Waals surface area contributed by atoms with Crippen molar-refractivity contribution in [3.05, 3.63) is 56.6 Å². The summed E-state index contributed by atoms with van der Waals surface area (Å²) in [4.78, 5) is 1.25. The molecule has 0 aliphatic heterocycles. The van der Waals surface area contributed by atoms with Crippen LogP contribution in [0.4, 0.5) is 0 Å². The van der Waals surface area contributed by atoms with Gasteiger partial charge in [0.1, 0.15) is 0 Å². The van der Waals surface area contributed by atoms with Crippen molar-refractivity contribution >= 4 is 44.4 Å². The Morgan fingerprint density at radius 3 is 2.81 bits per heavy atom. The quantitative estimate of drug-likeness (QED) is 0.591. The van der Waals surface area contributed by atoms with Gasteiger partial charge in [-0.2, -0.15) is 0 Å². The molecule has 3 rings (SSSR count). The van der Waals surface area contributed by atoms with Gasteiger partial charge in [-0.3, -0.25) is 0 Å². The molecule has 1 nitrogen and oxygen atoms in total. The van der Waals surface area contributed by atoms with E-state index in [2.05, 4.69) is 47.3 Å².